The third-order valence-corrected chi connectivity index (χ3v) is 6.27. The largest absolute Gasteiger partial charge is 0.508 e. The lowest BCUT2D eigenvalue weighted by molar-refractivity contribution is 0.0834. The summed E-state index contributed by atoms with van der Waals surface area (Å²) < 4.78 is 1.86. The second-order valence-electron chi connectivity index (χ2n) is 7.96. The highest BCUT2D eigenvalue weighted by Crippen LogP contribution is 2.27. The van der Waals surface area contributed by atoms with Crippen LogP contribution in [-0.2, 0) is 13.1 Å². The van der Waals surface area contributed by atoms with Crippen molar-refractivity contribution in [2.45, 2.75) is 32.9 Å². The summed E-state index contributed by atoms with van der Waals surface area (Å²) >= 11 is 6.67. The number of benzene rings is 2. The predicted molar refractivity (Wildman–Crippen MR) is 118 cm³/mol. The maximum atomic E-state index is 12.7. The number of hydrogen-bond donors (Lipinski definition) is 1. The van der Waals surface area contributed by atoms with E-state index in [4.69, 9.17) is 11.6 Å². The first kappa shape index (κ1) is 20.6. The van der Waals surface area contributed by atoms with Crippen LogP contribution in [0.25, 0.3) is 0 Å². The van der Waals surface area contributed by atoms with E-state index in [1.54, 1.807) is 24.3 Å². The van der Waals surface area contributed by atoms with Crippen LogP contribution in [0.5, 0.6) is 5.75 Å². The number of likely N-dealkylation sites (tertiary alicyclic amines) is 1. The van der Waals surface area contributed by atoms with Gasteiger partial charge in [-0.2, -0.15) is 5.10 Å². The average molecular weight is 424 g/mol. The van der Waals surface area contributed by atoms with Gasteiger partial charge in [0.25, 0.3) is 0 Å². The van der Waals surface area contributed by atoms with Crippen molar-refractivity contribution in [3.05, 3.63) is 82.1 Å². The number of carbonyl (C=O) groups excluding carboxylic acids is 1. The summed E-state index contributed by atoms with van der Waals surface area (Å²) in [6.07, 6.45) is 1.66. The fourth-order valence-corrected chi connectivity index (χ4v) is 4.36. The number of hydrogen-bond acceptors (Lipinski definition) is 4. The van der Waals surface area contributed by atoms with Gasteiger partial charge in [0.05, 0.1) is 12.2 Å². The van der Waals surface area contributed by atoms with Crippen LogP contribution < -0.4 is 0 Å². The summed E-state index contributed by atoms with van der Waals surface area (Å²) in [4.78, 5) is 15.1. The lowest BCUT2D eigenvalue weighted by atomic mass is 9.88. The van der Waals surface area contributed by atoms with E-state index in [1.807, 2.05) is 29.8 Å². The molecule has 2 aromatic carbocycles. The van der Waals surface area contributed by atoms with E-state index in [0.29, 0.717) is 17.3 Å². The van der Waals surface area contributed by atoms with Crippen LogP contribution in [0, 0.1) is 12.8 Å². The molecule has 2 heterocycles. The first-order valence-electron chi connectivity index (χ1n) is 10.3. The summed E-state index contributed by atoms with van der Waals surface area (Å²) in [5.41, 5.74) is 3.86. The standard InChI is InChI=1S/C24H26ClN3O2/c1-17-22(24(25)28(26-17)15-18-5-3-2-4-6-18)16-27-13-11-20(12-14-27)23(30)19-7-9-21(29)10-8-19/h2-10,20,29H,11-16H2,1H3. The number of phenols is 1. The first-order chi connectivity index (χ1) is 14.5. The molecule has 1 fully saturated rings. The minimum Gasteiger partial charge on any atom is -0.508 e. The molecule has 1 N–H and O–H groups in total. The van der Waals surface area contributed by atoms with Crippen LogP contribution in [-0.4, -0.2) is 38.7 Å². The van der Waals surface area contributed by atoms with Gasteiger partial charge in [-0.05, 0) is 62.7 Å². The second kappa shape index (κ2) is 9.02. The molecule has 1 aromatic heterocycles. The van der Waals surface area contributed by atoms with Crippen molar-refractivity contribution < 1.29 is 9.90 Å². The smallest absolute Gasteiger partial charge is 0.166 e. The highest BCUT2D eigenvalue weighted by molar-refractivity contribution is 6.30. The summed E-state index contributed by atoms with van der Waals surface area (Å²) in [5, 5.41) is 14.8. The van der Waals surface area contributed by atoms with E-state index in [0.717, 1.165) is 43.7 Å². The molecule has 0 spiro atoms. The van der Waals surface area contributed by atoms with Crippen molar-refractivity contribution in [3.63, 3.8) is 0 Å². The van der Waals surface area contributed by atoms with Gasteiger partial charge in [0.15, 0.2) is 5.78 Å². The number of carbonyl (C=O) groups is 1. The predicted octanol–water partition coefficient (Wildman–Crippen LogP) is 4.69. The van der Waals surface area contributed by atoms with Crippen molar-refractivity contribution in [3.8, 4) is 5.75 Å². The lowest BCUT2D eigenvalue weighted by Gasteiger charge is -2.31. The van der Waals surface area contributed by atoms with Crippen LogP contribution in [0.2, 0.25) is 5.15 Å². The Labute approximate surface area is 181 Å². The number of halogens is 1. The van der Waals surface area contributed by atoms with Crippen molar-refractivity contribution >= 4 is 17.4 Å². The van der Waals surface area contributed by atoms with Gasteiger partial charge in [-0.15, -0.1) is 0 Å². The molecule has 0 unspecified atom stereocenters. The van der Waals surface area contributed by atoms with E-state index in [9.17, 15) is 9.90 Å². The number of aromatic hydroxyl groups is 1. The van der Waals surface area contributed by atoms with Gasteiger partial charge in [-0.25, -0.2) is 4.68 Å². The summed E-state index contributed by atoms with van der Waals surface area (Å²) in [6, 6.07) is 16.7. The molecule has 1 aliphatic heterocycles. The summed E-state index contributed by atoms with van der Waals surface area (Å²) in [7, 11) is 0. The lowest BCUT2D eigenvalue weighted by Crippen LogP contribution is -2.36. The Morgan fingerprint density at radius 2 is 1.73 bits per heavy atom. The zero-order valence-electron chi connectivity index (χ0n) is 17.1. The van der Waals surface area contributed by atoms with Gasteiger partial charge >= 0.3 is 0 Å². The van der Waals surface area contributed by atoms with Crippen molar-refractivity contribution in [2.24, 2.45) is 5.92 Å². The number of ketones is 1. The Kier molecular flexibility index (Phi) is 6.21. The van der Waals surface area contributed by atoms with Crippen LogP contribution >= 0.6 is 11.6 Å². The molecule has 0 amide bonds. The van der Waals surface area contributed by atoms with Crippen molar-refractivity contribution in [1.29, 1.82) is 0 Å². The third-order valence-electron chi connectivity index (χ3n) is 5.85. The Morgan fingerprint density at radius 1 is 1.07 bits per heavy atom. The van der Waals surface area contributed by atoms with E-state index < -0.39 is 0 Å². The van der Waals surface area contributed by atoms with E-state index in [2.05, 4.69) is 22.1 Å². The Balaban J connectivity index is 1.37. The maximum absolute atomic E-state index is 12.7. The minimum atomic E-state index is 0.0307. The molecule has 6 heteroatoms. The van der Waals surface area contributed by atoms with Gasteiger partial charge in [0.1, 0.15) is 10.9 Å². The molecule has 1 aliphatic rings. The highest BCUT2D eigenvalue weighted by Gasteiger charge is 2.27. The molecule has 0 bridgehead atoms. The first-order valence-corrected chi connectivity index (χ1v) is 10.7. The molecule has 156 valence electrons. The minimum absolute atomic E-state index is 0.0307. The molecule has 0 saturated carbocycles. The number of rotatable bonds is 6. The van der Waals surface area contributed by atoms with Crippen molar-refractivity contribution in [2.75, 3.05) is 13.1 Å². The van der Waals surface area contributed by atoms with E-state index in [-0.39, 0.29) is 17.5 Å². The topological polar surface area (TPSA) is 58.4 Å². The van der Waals surface area contributed by atoms with Crippen molar-refractivity contribution in [1.82, 2.24) is 14.7 Å². The number of aryl methyl sites for hydroxylation is 1. The maximum Gasteiger partial charge on any atom is 0.166 e. The van der Waals surface area contributed by atoms with Gasteiger partial charge in [-0.1, -0.05) is 41.9 Å². The molecule has 3 aromatic rings. The summed E-state index contributed by atoms with van der Waals surface area (Å²) in [6.45, 7) is 5.12. The molecule has 5 nitrogen and oxygen atoms in total. The molecule has 30 heavy (non-hydrogen) atoms. The van der Waals surface area contributed by atoms with Gasteiger partial charge in [0.2, 0.25) is 0 Å². The zero-order chi connectivity index (χ0) is 21.1. The van der Waals surface area contributed by atoms with Crippen LogP contribution in [0.3, 0.4) is 0 Å². The Morgan fingerprint density at radius 3 is 2.40 bits per heavy atom. The third kappa shape index (κ3) is 4.58. The number of Topliss-reactive ketones (excluding diaryl/α,β-unsaturated/α-hetero) is 1. The van der Waals surface area contributed by atoms with Gasteiger partial charge in [-0.3, -0.25) is 9.69 Å². The number of piperidine rings is 1. The zero-order valence-corrected chi connectivity index (χ0v) is 17.8. The number of nitrogens with zero attached hydrogens (tertiary/aromatic N) is 3. The fourth-order valence-electron chi connectivity index (χ4n) is 4.07. The summed E-state index contributed by atoms with van der Waals surface area (Å²) in [5.74, 6) is 0.379. The Bertz CT molecular complexity index is 1010. The normalized spacial score (nSPS) is 15.4. The van der Waals surface area contributed by atoms with E-state index >= 15 is 0 Å². The van der Waals surface area contributed by atoms with Crippen LogP contribution in [0.4, 0.5) is 0 Å². The molecular formula is C24H26ClN3O2. The molecule has 4 rings (SSSR count). The molecule has 0 radical (unpaired) electrons. The average Bonchev–Trinajstić information content (AvgIpc) is 3.02. The molecular weight excluding hydrogens is 398 g/mol. The molecule has 1 saturated heterocycles. The fraction of sp³-hybridized carbons (Fsp3) is 0.333. The van der Waals surface area contributed by atoms with Crippen LogP contribution in [0.15, 0.2) is 54.6 Å². The van der Waals surface area contributed by atoms with Crippen LogP contribution in [0.1, 0.15) is 40.0 Å². The second-order valence-corrected chi connectivity index (χ2v) is 8.32. The van der Waals surface area contributed by atoms with Gasteiger partial charge < -0.3 is 5.11 Å². The monoisotopic (exact) mass is 423 g/mol. The number of phenolic OH excluding ortho intramolecular Hbond substituents is 1. The molecule has 0 aliphatic carbocycles. The highest BCUT2D eigenvalue weighted by atomic mass is 35.5. The van der Waals surface area contributed by atoms with E-state index in [1.165, 1.54) is 5.56 Å². The Hall–Kier alpha value is -2.63. The van der Waals surface area contributed by atoms with Gasteiger partial charge in [0, 0.05) is 23.6 Å². The number of aromatic nitrogens is 2. The molecule has 0 atom stereocenters. The quantitative estimate of drug-likeness (QED) is 0.584. The SMILES string of the molecule is Cc1nn(Cc2ccccc2)c(Cl)c1CN1CCC(C(=O)c2ccc(O)cc2)CC1.